The molecule has 1 aromatic carbocycles. The summed E-state index contributed by atoms with van der Waals surface area (Å²) < 4.78 is 13.8. The Bertz CT molecular complexity index is 1080. The largest absolute Gasteiger partial charge is 0.476 e. The van der Waals surface area contributed by atoms with Crippen LogP contribution in [0.1, 0.15) is 78.2 Å². The molecule has 2 aromatic rings. The van der Waals surface area contributed by atoms with Gasteiger partial charge in [0, 0.05) is 13.1 Å². The molecular weight excluding hydrogens is 514 g/mol. The normalized spacial score (nSPS) is 11.5. The highest BCUT2D eigenvalue weighted by Gasteiger charge is 2.31. The number of rotatable bonds is 15. The van der Waals surface area contributed by atoms with Gasteiger partial charge >= 0.3 is 11.7 Å². The first-order valence-corrected chi connectivity index (χ1v) is 13.3. The van der Waals surface area contributed by atoms with Gasteiger partial charge in [0.15, 0.2) is 10.2 Å². The van der Waals surface area contributed by atoms with Gasteiger partial charge in [0.2, 0.25) is 0 Å². The van der Waals surface area contributed by atoms with Gasteiger partial charge < -0.3 is 9.47 Å². The van der Waals surface area contributed by atoms with Crippen LogP contribution in [0.2, 0.25) is 0 Å². The van der Waals surface area contributed by atoms with E-state index in [1.54, 1.807) is 20.8 Å². The molecule has 0 bridgehead atoms. The van der Waals surface area contributed by atoms with E-state index in [1.807, 2.05) is 24.3 Å². The van der Waals surface area contributed by atoms with Crippen molar-refractivity contribution in [2.75, 3.05) is 6.61 Å². The highest BCUT2D eigenvalue weighted by atomic mass is 79.9. The van der Waals surface area contributed by atoms with Crippen LogP contribution in [0.25, 0.3) is 0 Å². The number of nitrogens with zero attached hydrogens (tertiary/aromatic N) is 3. The predicted molar refractivity (Wildman–Crippen MR) is 140 cm³/mol. The Kier molecular flexibility index (Phi) is 11.7. The third-order valence-electron chi connectivity index (χ3n) is 5.69. The SMILES string of the molecule is CCCCCCCn1c(=O)c(Br)nn(CCCCc2cccc(OC(C)(C)C(=O)OCC)c2)c1=O. The molecule has 0 aliphatic heterocycles. The summed E-state index contributed by atoms with van der Waals surface area (Å²) in [5, 5.41) is 4.14. The summed E-state index contributed by atoms with van der Waals surface area (Å²) >= 11 is 3.21. The zero-order chi connectivity index (χ0) is 25.8. The minimum atomic E-state index is -1.08. The van der Waals surface area contributed by atoms with Crippen molar-refractivity contribution in [2.24, 2.45) is 0 Å². The van der Waals surface area contributed by atoms with Crippen molar-refractivity contribution in [3.8, 4) is 5.75 Å². The summed E-state index contributed by atoms with van der Waals surface area (Å²) in [6.07, 6.45) is 7.56. The van der Waals surface area contributed by atoms with Crippen molar-refractivity contribution in [3.63, 3.8) is 0 Å². The van der Waals surface area contributed by atoms with E-state index in [0.29, 0.717) is 25.4 Å². The lowest BCUT2D eigenvalue weighted by molar-refractivity contribution is -0.158. The van der Waals surface area contributed by atoms with Gasteiger partial charge in [-0.25, -0.2) is 14.3 Å². The molecule has 0 aliphatic carbocycles. The van der Waals surface area contributed by atoms with E-state index in [-0.39, 0.29) is 15.9 Å². The van der Waals surface area contributed by atoms with Gasteiger partial charge in [-0.2, -0.15) is 5.10 Å². The molecule has 194 valence electrons. The molecule has 0 N–H and O–H groups in total. The van der Waals surface area contributed by atoms with Gasteiger partial charge in [-0.1, -0.05) is 44.7 Å². The first-order valence-electron chi connectivity index (χ1n) is 12.5. The Labute approximate surface area is 215 Å². The fourth-order valence-electron chi connectivity index (χ4n) is 3.74. The van der Waals surface area contributed by atoms with Crippen molar-refractivity contribution in [1.82, 2.24) is 14.3 Å². The Morgan fingerprint density at radius 3 is 2.46 bits per heavy atom. The fraction of sp³-hybridized carbons (Fsp3) is 0.615. The van der Waals surface area contributed by atoms with Gasteiger partial charge in [0.25, 0.3) is 5.56 Å². The second kappa shape index (κ2) is 14.2. The molecule has 2 rings (SSSR count). The van der Waals surface area contributed by atoms with E-state index in [2.05, 4.69) is 28.0 Å². The summed E-state index contributed by atoms with van der Waals surface area (Å²) in [6, 6.07) is 7.63. The smallest absolute Gasteiger partial charge is 0.349 e. The van der Waals surface area contributed by atoms with Crippen molar-refractivity contribution in [3.05, 3.63) is 55.3 Å². The number of unbranched alkanes of at least 4 members (excludes halogenated alkanes) is 5. The first-order chi connectivity index (χ1) is 16.7. The van der Waals surface area contributed by atoms with Gasteiger partial charge in [-0.15, -0.1) is 0 Å². The number of hydrogen-bond acceptors (Lipinski definition) is 6. The van der Waals surface area contributed by atoms with E-state index in [9.17, 15) is 14.4 Å². The number of benzene rings is 1. The lowest BCUT2D eigenvalue weighted by Crippen LogP contribution is -2.42. The average Bonchev–Trinajstić information content (AvgIpc) is 2.81. The van der Waals surface area contributed by atoms with Crippen LogP contribution in [0.15, 0.2) is 38.5 Å². The number of hydrogen-bond donors (Lipinski definition) is 0. The van der Waals surface area contributed by atoms with E-state index < -0.39 is 11.6 Å². The zero-order valence-corrected chi connectivity index (χ0v) is 22.9. The molecular formula is C26H38BrN3O5. The van der Waals surface area contributed by atoms with Crippen molar-refractivity contribution in [1.29, 1.82) is 0 Å². The third kappa shape index (κ3) is 8.94. The number of halogens is 1. The lowest BCUT2D eigenvalue weighted by atomic mass is 10.1. The Hall–Kier alpha value is -2.42. The molecule has 1 heterocycles. The second-order valence-electron chi connectivity index (χ2n) is 9.10. The van der Waals surface area contributed by atoms with Crippen LogP contribution in [-0.2, 0) is 29.0 Å². The maximum absolute atomic E-state index is 12.8. The van der Waals surface area contributed by atoms with E-state index in [1.165, 1.54) is 9.25 Å². The highest BCUT2D eigenvalue weighted by Crippen LogP contribution is 2.22. The van der Waals surface area contributed by atoms with E-state index in [4.69, 9.17) is 9.47 Å². The maximum Gasteiger partial charge on any atom is 0.349 e. The summed E-state index contributed by atoms with van der Waals surface area (Å²) in [4.78, 5) is 37.3. The standard InChI is InChI=1S/C26H38BrN3O5/c1-5-7-8-9-11-17-29-23(31)22(27)28-30(25(29)33)18-12-10-14-20-15-13-16-21(19-20)35-26(3,4)24(32)34-6-2/h13,15-16,19H,5-12,14,17-18H2,1-4H3. The summed E-state index contributed by atoms with van der Waals surface area (Å²) in [7, 11) is 0. The quantitative estimate of drug-likeness (QED) is 0.231. The summed E-state index contributed by atoms with van der Waals surface area (Å²) in [6.45, 7) is 8.44. The number of esters is 1. The molecule has 0 radical (unpaired) electrons. The van der Waals surface area contributed by atoms with Crippen LogP contribution in [-0.4, -0.2) is 32.5 Å². The van der Waals surface area contributed by atoms with Crippen molar-refractivity contribution >= 4 is 21.9 Å². The molecule has 35 heavy (non-hydrogen) atoms. The molecule has 0 unspecified atom stereocenters. The highest BCUT2D eigenvalue weighted by molar-refractivity contribution is 9.10. The van der Waals surface area contributed by atoms with Crippen molar-refractivity contribution in [2.45, 2.75) is 97.8 Å². The van der Waals surface area contributed by atoms with Crippen LogP contribution in [0.3, 0.4) is 0 Å². The van der Waals surface area contributed by atoms with Crippen molar-refractivity contribution < 1.29 is 14.3 Å². The first kappa shape index (κ1) is 28.8. The van der Waals surface area contributed by atoms with Crippen LogP contribution >= 0.6 is 15.9 Å². The molecule has 0 fully saturated rings. The number of aryl methyl sites for hydroxylation is 2. The van der Waals surface area contributed by atoms with Crippen LogP contribution in [0, 0.1) is 0 Å². The Morgan fingerprint density at radius 2 is 1.74 bits per heavy atom. The van der Waals surface area contributed by atoms with Crippen LogP contribution in [0.4, 0.5) is 0 Å². The number of aromatic nitrogens is 3. The number of carbonyl (C=O) groups is 1. The average molecular weight is 553 g/mol. The minimum Gasteiger partial charge on any atom is -0.476 e. The molecule has 8 nitrogen and oxygen atoms in total. The van der Waals surface area contributed by atoms with Crippen LogP contribution < -0.4 is 16.0 Å². The summed E-state index contributed by atoms with van der Waals surface area (Å²) in [5.41, 5.74) is -0.733. The van der Waals surface area contributed by atoms with Gasteiger partial charge in [-0.3, -0.25) is 9.36 Å². The predicted octanol–water partition coefficient (Wildman–Crippen LogP) is 4.88. The molecule has 0 atom stereocenters. The maximum atomic E-state index is 12.8. The Balaban J connectivity index is 1.94. The minimum absolute atomic E-state index is 0.166. The second-order valence-corrected chi connectivity index (χ2v) is 9.86. The molecule has 0 spiro atoms. The topological polar surface area (TPSA) is 92.4 Å². The summed E-state index contributed by atoms with van der Waals surface area (Å²) in [5.74, 6) is 0.199. The zero-order valence-electron chi connectivity index (χ0n) is 21.3. The van der Waals surface area contributed by atoms with Gasteiger partial charge in [-0.05, 0) is 80.1 Å². The van der Waals surface area contributed by atoms with E-state index >= 15 is 0 Å². The third-order valence-corrected chi connectivity index (χ3v) is 6.19. The molecule has 0 aliphatic rings. The fourth-order valence-corrected chi connectivity index (χ4v) is 4.15. The number of carbonyl (C=O) groups excluding carboxylic acids is 1. The van der Waals surface area contributed by atoms with Crippen LogP contribution in [0.5, 0.6) is 5.75 Å². The monoisotopic (exact) mass is 551 g/mol. The molecule has 0 saturated carbocycles. The molecule has 9 heteroatoms. The lowest BCUT2D eigenvalue weighted by Gasteiger charge is -2.24. The Morgan fingerprint density at radius 1 is 1.03 bits per heavy atom. The van der Waals surface area contributed by atoms with Gasteiger partial charge in [0.1, 0.15) is 5.75 Å². The van der Waals surface area contributed by atoms with E-state index in [0.717, 1.165) is 56.9 Å². The molecule has 0 amide bonds. The van der Waals surface area contributed by atoms with Gasteiger partial charge in [0.05, 0.1) is 6.61 Å². The molecule has 0 saturated heterocycles. The molecule has 1 aromatic heterocycles. The number of ether oxygens (including phenoxy) is 2.